The Kier molecular flexibility index (Phi) is 7.12. The lowest BCUT2D eigenvalue weighted by molar-refractivity contribution is -0.127. The molecule has 3 rings (SSSR count). The number of hydrogen-bond donors (Lipinski definition) is 3. The Balaban J connectivity index is 1.43. The number of nitrogens with zero attached hydrogens (tertiary/aromatic N) is 1. The van der Waals surface area contributed by atoms with Crippen LogP contribution in [0.3, 0.4) is 0 Å². The predicted molar refractivity (Wildman–Crippen MR) is 117 cm³/mol. The van der Waals surface area contributed by atoms with E-state index in [9.17, 15) is 14.4 Å². The van der Waals surface area contributed by atoms with Gasteiger partial charge in [0.05, 0.1) is 11.4 Å². The van der Waals surface area contributed by atoms with Crippen molar-refractivity contribution >= 4 is 29.3 Å². The molecule has 2 aromatic rings. The van der Waals surface area contributed by atoms with Crippen LogP contribution >= 0.6 is 0 Å². The third-order valence-electron chi connectivity index (χ3n) is 4.99. The van der Waals surface area contributed by atoms with E-state index in [0.717, 1.165) is 5.56 Å². The van der Waals surface area contributed by atoms with Crippen LogP contribution in [0.1, 0.15) is 28.8 Å². The lowest BCUT2D eigenvalue weighted by Crippen LogP contribution is -2.41. The molecule has 31 heavy (non-hydrogen) atoms. The molecule has 0 aromatic heterocycles. The Morgan fingerprint density at radius 3 is 2.42 bits per heavy atom. The minimum Gasteiger partial charge on any atom is -0.446 e. The molecule has 2 aromatic carbocycles. The highest BCUT2D eigenvalue weighted by molar-refractivity contribution is 6.05. The number of nitrogens with two attached hydrogens (primary N) is 1. The van der Waals surface area contributed by atoms with E-state index in [-0.39, 0.29) is 24.5 Å². The first-order chi connectivity index (χ1) is 15.0. The Morgan fingerprint density at radius 1 is 1.10 bits per heavy atom. The molecule has 1 fully saturated rings. The third kappa shape index (κ3) is 6.00. The molecule has 0 unspecified atom stereocenters. The molecule has 1 aliphatic rings. The Hall–Kier alpha value is -3.99. The number of ether oxygens (including phenoxy) is 1. The number of likely N-dealkylation sites (tertiary alicyclic amines) is 1. The van der Waals surface area contributed by atoms with E-state index in [1.165, 1.54) is 0 Å². The number of amides is 3. The first-order valence-electron chi connectivity index (χ1n) is 9.91. The number of anilines is 2. The van der Waals surface area contributed by atoms with Crippen molar-refractivity contribution in [1.29, 1.82) is 0 Å². The lowest BCUT2D eigenvalue weighted by Gasteiger charge is -2.30. The zero-order valence-electron chi connectivity index (χ0n) is 17.0. The molecule has 8 nitrogen and oxygen atoms in total. The zero-order valence-corrected chi connectivity index (χ0v) is 17.0. The van der Waals surface area contributed by atoms with Gasteiger partial charge in [0.15, 0.2) is 0 Å². The summed E-state index contributed by atoms with van der Waals surface area (Å²) in [6.07, 6.45) is 5.44. The fraction of sp³-hybridized carbons (Fsp3) is 0.261. The summed E-state index contributed by atoms with van der Waals surface area (Å²) >= 11 is 0. The van der Waals surface area contributed by atoms with Crippen LogP contribution in [0.15, 0.2) is 48.5 Å². The van der Waals surface area contributed by atoms with E-state index >= 15 is 0 Å². The second-order valence-corrected chi connectivity index (χ2v) is 7.13. The highest BCUT2D eigenvalue weighted by atomic mass is 16.6. The van der Waals surface area contributed by atoms with Crippen LogP contribution in [0.5, 0.6) is 0 Å². The summed E-state index contributed by atoms with van der Waals surface area (Å²) in [5.74, 6) is 1.48. The van der Waals surface area contributed by atoms with Crippen LogP contribution in [0.25, 0.3) is 0 Å². The van der Waals surface area contributed by atoms with E-state index in [2.05, 4.69) is 16.6 Å². The molecular weight excluding hydrogens is 396 g/mol. The van der Waals surface area contributed by atoms with Crippen LogP contribution in [-0.2, 0) is 16.1 Å². The van der Waals surface area contributed by atoms with Crippen LogP contribution < -0.4 is 16.4 Å². The molecule has 4 N–H and O–H groups in total. The standard InChI is InChI=1S/C23H24N4O4/c1-2-21(28)27-13-11-18(12-14-27)31-23(30)25-15-16-7-9-17(10-8-16)22(29)26-20-6-4-3-5-19(20)24/h1,3-10,18H,11-15,24H2,(H,25,30)(H,26,29). The maximum Gasteiger partial charge on any atom is 0.407 e. The van der Waals surface area contributed by atoms with Gasteiger partial charge in [-0.1, -0.05) is 24.3 Å². The Morgan fingerprint density at radius 2 is 1.77 bits per heavy atom. The summed E-state index contributed by atoms with van der Waals surface area (Å²) in [4.78, 5) is 37.4. The highest BCUT2D eigenvalue weighted by Gasteiger charge is 2.24. The number of terminal acetylenes is 1. The van der Waals surface area contributed by atoms with Gasteiger partial charge in [-0.25, -0.2) is 4.79 Å². The van der Waals surface area contributed by atoms with Gasteiger partial charge >= 0.3 is 6.09 Å². The Bertz CT molecular complexity index is 989. The molecular formula is C23H24N4O4. The molecule has 0 bridgehead atoms. The summed E-state index contributed by atoms with van der Waals surface area (Å²) in [6, 6.07) is 13.9. The number of rotatable bonds is 5. The van der Waals surface area contributed by atoms with Crippen molar-refractivity contribution < 1.29 is 19.1 Å². The minimum atomic E-state index is -0.525. The number of alkyl carbamates (subject to hydrolysis) is 1. The number of carbonyl (C=O) groups is 3. The maximum atomic E-state index is 12.4. The fourth-order valence-corrected chi connectivity index (χ4v) is 3.21. The first kappa shape index (κ1) is 21.7. The summed E-state index contributed by atoms with van der Waals surface area (Å²) < 4.78 is 5.40. The summed E-state index contributed by atoms with van der Waals surface area (Å²) in [6.45, 7) is 1.21. The molecule has 160 valence electrons. The van der Waals surface area contributed by atoms with Gasteiger partial charge in [0, 0.05) is 38.0 Å². The molecule has 0 saturated carbocycles. The molecule has 8 heteroatoms. The van der Waals surface area contributed by atoms with Crippen molar-refractivity contribution in [3.63, 3.8) is 0 Å². The zero-order chi connectivity index (χ0) is 22.2. The van der Waals surface area contributed by atoms with Gasteiger partial charge in [0.1, 0.15) is 6.10 Å². The quantitative estimate of drug-likeness (QED) is 0.508. The number of carbonyl (C=O) groups excluding carboxylic acids is 3. The van der Waals surface area contributed by atoms with Gasteiger partial charge in [-0.2, -0.15) is 0 Å². The fourth-order valence-electron chi connectivity index (χ4n) is 3.21. The van der Waals surface area contributed by atoms with E-state index in [1.807, 2.05) is 0 Å². The lowest BCUT2D eigenvalue weighted by atomic mass is 10.1. The van der Waals surface area contributed by atoms with Crippen LogP contribution in [0.2, 0.25) is 0 Å². The van der Waals surface area contributed by atoms with Gasteiger partial charge < -0.3 is 26.0 Å². The predicted octanol–water partition coefficient (Wildman–Crippen LogP) is 2.37. The van der Waals surface area contributed by atoms with Crippen LogP contribution in [-0.4, -0.2) is 42.0 Å². The van der Waals surface area contributed by atoms with Crippen molar-refractivity contribution in [2.75, 3.05) is 24.1 Å². The van der Waals surface area contributed by atoms with Gasteiger partial charge in [-0.05, 0) is 35.7 Å². The van der Waals surface area contributed by atoms with Crippen molar-refractivity contribution in [2.45, 2.75) is 25.5 Å². The average molecular weight is 420 g/mol. The number of hydrogen-bond acceptors (Lipinski definition) is 5. The van der Waals surface area contributed by atoms with Crippen molar-refractivity contribution in [2.24, 2.45) is 0 Å². The smallest absolute Gasteiger partial charge is 0.407 e. The van der Waals surface area contributed by atoms with Crippen molar-refractivity contribution in [3.05, 3.63) is 59.7 Å². The summed E-state index contributed by atoms with van der Waals surface area (Å²) in [5, 5.41) is 5.46. The van der Waals surface area contributed by atoms with Crippen LogP contribution in [0, 0.1) is 12.3 Å². The molecule has 1 aliphatic heterocycles. The topological polar surface area (TPSA) is 114 Å². The maximum absolute atomic E-state index is 12.4. The summed E-state index contributed by atoms with van der Waals surface area (Å²) in [5.41, 5.74) is 8.18. The van der Waals surface area contributed by atoms with E-state index in [1.54, 1.807) is 53.4 Å². The summed E-state index contributed by atoms with van der Waals surface area (Å²) in [7, 11) is 0. The van der Waals surface area contributed by atoms with Gasteiger partial charge in [0.2, 0.25) is 0 Å². The number of benzene rings is 2. The molecule has 0 radical (unpaired) electrons. The molecule has 0 aliphatic carbocycles. The van der Waals surface area contributed by atoms with Crippen LogP contribution in [0.4, 0.5) is 16.2 Å². The molecule has 0 atom stereocenters. The highest BCUT2D eigenvalue weighted by Crippen LogP contribution is 2.18. The normalized spacial score (nSPS) is 13.7. The van der Waals surface area contributed by atoms with Gasteiger partial charge in [0.25, 0.3) is 11.8 Å². The second-order valence-electron chi connectivity index (χ2n) is 7.13. The third-order valence-corrected chi connectivity index (χ3v) is 4.99. The van der Waals surface area contributed by atoms with Crippen molar-refractivity contribution in [1.82, 2.24) is 10.2 Å². The van der Waals surface area contributed by atoms with E-state index < -0.39 is 6.09 Å². The number of nitrogens with one attached hydrogen (secondary N) is 2. The van der Waals surface area contributed by atoms with E-state index in [0.29, 0.717) is 42.9 Å². The van der Waals surface area contributed by atoms with Crippen molar-refractivity contribution in [3.8, 4) is 12.3 Å². The number of nitrogen functional groups attached to an aromatic ring is 1. The number of piperidine rings is 1. The van der Waals surface area contributed by atoms with Gasteiger partial charge in [-0.3, -0.25) is 9.59 Å². The monoisotopic (exact) mass is 420 g/mol. The second kappa shape index (κ2) is 10.2. The number of para-hydroxylation sites is 2. The van der Waals surface area contributed by atoms with E-state index in [4.69, 9.17) is 16.9 Å². The minimum absolute atomic E-state index is 0.252. The molecule has 1 heterocycles. The largest absolute Gasteiger partial charge is 0.446 e. The molecule has 1 saturated heterocycles. The van der Waals surface area contributed by atoms with Gasteiger partial charge in [-0.15, -0.1) is 6.42 Å². The Labute approximate surface area is 180 Å². The first-order valence-corrected chi connectivity index (χ1v) is 9.91. The average Bonchev–Trinajstić information content (AvgIpc) is 2.79. The molecule has 0 spiro atoms. The SMILES string of the molecule is C#CC(=O)N1CCC(OC(=O)NCc2ccc(C(=O)Nc3ccccc3N)cc2)CC1. The molecule has 3 amide bonds.